The molecule has 2 heterocycles. The second-order valence-electron chi connectivity index (χ2n) is 7.54. The number of aryl methyl sites for hydroxylation is 1. The molecule has 1 atom stereocenters. The van der Waals surface area contributed by atoms with Gasteiger partial charge in [0, 0.05) is 24.8 Å². The number of anilines is 1. The number of nitrogens with zero attached hydrogens (tertiary/aromatic N) is 3. The van der Waals surface area contributed by atoms with Gasteiger partial charge in [-0.1, -0.05) is 35.5 Å². The van der Waals surface area contributed by atoms with Crippen molar-refractivity contribution in [2.45, 2.75) is 45.8 Å². The van der Waals surface area contributed by atoms with E-state index in [1.54, 1.807) is 0 Å². The number of carbonyl (C=O) groups is 2. The maximum atomic E-state index is 12.3. The third-order valence-corrected chi connectivity index (χ3v) is 5.99. The molecule has 1 aliphatic heterocycles. The van der Waals surface area contributed by atoms with Crippen molar-refractivity contribution in [2.24, 2.45) is 0 Å². The monoisotopic (exact) mass is 431 g/mol. The van der Waals surface area contributed by atoms with Gasteiger partial charge in [-0.15, -0.1) is 10.2 Å². The second kappa shape index (κ2) is 11.1. The summed E-state index contributed by atoms with van der Waals surface area (Å²) in [7, 11) is 0. The number of aromatic nitrogens is 2. The van der Waals surface area contributed by atoms with Gasteiger partial charge < -0.3 is 15.4 Å². The van der Waals surface area contributed by atoms with Crippen LogP contribution in [0.1, 0.15) is 46.6 Å². The third-order valence-electron chi connectivity index (χ3n) is 5.09. The molecule has 1 aliphatic rings. The lowest BCUT2D eigenvalue weighted by Gasteiger charge is -2.33. The van der Waals surface area contributed by atoms with Crippen molar-refractivity contribution in [2.75, 3.05) is 31.6 Å². The Hall–Kier alpha value is -2.36. The molecule has 8 nitrogen and oxygen atoms in total. The first-order valence-electron chi connectivity index (χ1n) is 10.3. The minimum absolute atomic E-state index is 0.0416. The highest BCUT2D eigenvalue weighted by atomic mass is 32.1. The number of piperidine rings is 1. The summed E-state index contributed by atoms with van der Waals surface area (Å²) in [5.41, 5.74) is 1.82. The number of carbonyl (C=O) groups excluding carboxylic acids is 2. The molecule has 0 aliphatic carbocycles. The van der Waals surface area contributed by atoms with E-state index in [-0.39, 0.29) is 30.0 Å². The average Bonchev–Trinajstić information content (AvgIpc) is 3.20. The van der Waals surface area contributed by atoms with Gasteiger partial charge in [0.2, 0.25) is 10.9 Å². The van der Waals surface area contributed by atoms with Crippen molar-refractivity contribution in [3.8, 4) is 0 Å². The van der Waals surface area contributed by atoms with Crippen LogP contribution >= 0.6 is 11.3 Å². The smallest absolute Gasteiger partial charge is 0.286 e. The Balaban J connectivity index is 1.34. The molecule has 9 heteroatoms. The molecule has 2 aromatic rings. The lowest BCUT2D eigenvalue weighted by atomic mass is 10.0. The van der Waals surface area contributed by atoms with Gasteiger partial charge in [-0.2, -0.15) is 0 Å². The summed E-state index contributed by atoms with van der Waals surface area (Å²) in [6.07, 6.45) is 3.75. The van der Waals surface area contributed by atoms with Crippen LogP contribution in [0, 0.1) is 6.92 Å². The Morgan fingerprint density at radius 2 is 2.03 bits per heavy atom. The Labute approximate surface area is 181 Å². The Morgan fingerprint density at radius 1 is 1.23 bits per heavy atom. The molecular weight excluding hydrogens is 402 g/mol. The maximum Gasteiger partial charge on any atom is 0.286 e. The summed E-state index contributed by atoms with van der Waals surface area (Å²) in [6.45, 7) is 6.91. The fourth-order valence-corrected chi connectivity index (χ4v) is 4.01. The zero-order valence-corrected chi connectivity index (χ0v) is 18.3. The number of rotatable bonds is 9. The number of hydrogen-bond donors (Lipinski definition) is 2. The van der Waals surface area contributed by atoms with Crippen molar-refractivity contribution in [1.82, 2.24) is 20.4 Å². The summed E-state index contributed by atoms with van der Waals surface area (Å²) < 4.78 is 5.42. The van der Waals surface area contributed by atoms with Gasteiger partial charge in [0.05, 0.1) is 0 Å². The highest BCUT2D eigenvalue weighted by molar-refractivity contribution is 7.13. The molecule has 2 amide bonds. The number of nitrogens with one attached hydrogen (secondary N) is 2. The highest BCUT2D eigenvalue weighted by Crippen LogP contribution is 2.16. The first-order valence-corrected chi connectivity index (χ1v) is 11.1. The number of ether oxygens (including phenoxy) is 1. The summed E-state index contributed by atoms with van der Waals surface area (Å²) in [5, 5.41) is 14.4. The van der Waals surface area contributed by atoms with E-state index in [1.165, 1.54) is 19.3 Å². The van der Waals surface area contributed by atoms with Gasteiger partial charge >= 0.3 is 0 Å². The van der Waals surface area contributed by atoms with Crippen molar-refractivity contribution < 1.29 is 14.3 Å². The molecule has 1 aromatic carbocycles. The van der Waals surface area contributed by atoms with E-state index in [0.717, 1.165) is 30.0 Å². The Morgan fingerprint density at radius 3 is 2.80 bits per heavy atom. The van der Waals surface area contributed by atoms with Gasteiger partial charge in [-0.3, -0.25) is 14.5 Å². The zero-order valence-electron chi connectivity index (χ0n) is 17.5. The van der Waals surface area contributed by atoms with Gasteiger partial charge in [0.25, 0.3) is 5.91 Å². The zero-order chi connectivity index (χ0) is 21.3. The number of likely N-dealkylation sites (tertiary alicyclic amines) is 1. The molecule has 1 fully saturated rings. The van der Waals surface area contributed by atoms with Crippen LogP contribution in [0.4, 0.5) is 5.69 Å². The predicted octanol–water partition coefficient (Wildman–Crippen LogP) is 2.61. The van der Waals surface area contributed by atoms with Gasteiger partial charge in [-0.05, 0) is 45.4 Å². The van der Waals surface area contributed by atoms with E-state index < -0.39 is 0 Å². The fraction of sp³-hybridized carbons (Fsp3) is 0.524. The Bertz CT molecular complexity index is 839. The quantitative estimate of drug-likeness (QED) is 0.634. The van der Waals surface area contributed by atoms with E-state index in [2.05, 4.69) is 32.7 Å². The molecule has 162 valence electrons. The first-order chi connectivity index (χ1) is 14.5. The topological polar surface area (TPSA) is 96.5 Å². The van der Waals surface area contributed by atoms with Gasteiger partial charge in [0.15, 0.2) is 0 Å². The van der Waals surface area contributed by atoms with Crippen molar-refractivity contribution in [1.29, 1.82) is 0 Å². The third kappa shape index (κ3) is 6.86. The summed E-state index contributed by atoms with van der Waals surface area (Å²) in [6, 6.07) is 8.10. The highest BCUT2D eigenvalue weighted by Gasteiger charge is 2.18. The minimum Gasteiger partial charge on any atom is -0.364 e. The summed E-state index contributed by atoms with van der Waals surface area (Å²) in [4.78, 5) is 26.6. The molecule has 0 bridgehead atoms. The normalized spacial score (nSPS) is 16.9. The lowest BCUT2D eigenvalue weighted by molar-refractivity contribution is -0.126. The van der Waals surface area contributed by atoms with Crippen LogP contribution in [0.2, 0.25) is 0 Å². The number of amides is 2. The minimum atomic E-state index is -0.313. The molecular formula is C21H29N5O3S. The van der Waals surface area contributed by atoms with Crippen molar-refractivity contribution >= 4 is 28.8 Å². The molecule has 0 saturated carbocycles. The first kappa shape index (κ1) is 22.3. The van der Waals surface area contributed by atoms with Gasteiger partial charge in [0.1, 0.15) is 18.2 Å². The van der Waals surface area contributed by atoms with Crippen LogP contribution in [0.3, 0.4) is 0 Å². The van der Waals surface area contributed by atoms with E-state index in [1.807, 2.05) is 31.2 Å². The van der Waals surface area contributed by atoms with Crippen LogP contribution in [0.15, 0.2) is 24.3 Å². The van der Waals surface area contributed by atoms with E-state index in [4.69, 9.17) is 4.74 Å². The second-order valence-corrected chi connectivity index (χ2v) is 8.61. The molecule has 30 heavy (non-hydrogen) atoms. The molecule has 1 aromatic heterocycles. The van der Waals surface area contributed by atoms with Crippen LogP contribution in [0.5, 0.6) is 0 Å². The van der Waals surface area contributed by atoms with Gasteiger partial charge in [-0.25, -0.2) is 0 Å². The molecule has 0 radical (unpaired) electrons. The molecule has 2 N–H and O–H groups in total. The molecule has 0 unspecified atom stereocenters. The van der Waals surface area contributed by atoms with Crippen molar-refractivity contribution in [3.05, 3.63) is 39.8 Å². The van der Waals surface area contributed by atoms with Crippen LogP contribution in [0.25, 0.3) is 0 Å². The lowest BCUT2D eigenvalue weighted by Crippen LogP contribution is -2.43. The maximum absolute atomic E-state index is 12.3. The Kier molecular flexibility index (Phi) is 8.30. The molecule has 1 saturated heterocycles. The summed E-state index contributed by atoms with van der Waals surface area (Å²) in [5.74, 6) is -0.464. The van der Waals surface area contributed by atoms with E-state index >= 15 is 0 Å². The SMILES string of the molecule is Cc1ccc(NC(=O)c2nnc(COCC(=O)NCCN3CCCC[C@H]3C)s2)cc1. The van der Waals surface area contributed by atoms with Crippen LogP contribution in [-0.2, 0) is 16.1 Å². The average molecular weight is 432 g/mol. The van der Waals surface area contributed by atoms with Crippen molar-refractivity contribution in [3.63, 3.8) is 0 Å². The van der Waals surface area contributed by atoms with Crippen LogP contribution in [-0.4, -0.2) is 59.2 Å². The van der Waals surface area contributed by atoms with E-state index in [9.17, 15) is 9.59 Å². The fourth-order valence-electron chi connectivity index (χ4n) is 3.34. The predicted molar refractivity (Wildman–Crippen MR) is 117 cm³/mol. The number of hydrogen-bond acceptors (Lipinski definition) is 7. The largest absolute Gasteiger partial charge is 0.364 e. The number of benzene rings is 1. The summed E-state index contributed by atoms with van der Waals surface area (Å²) >= 11 is 1.15. The standard InChI is InChI=1S/C21H29N5O3S/c1-15-6-8-17(9-7-15)23-20(28)21-25-24-19(30-21)14-29-13-18(27)22-10-12-26-11-4-3-5-16(26)2/h6-9,16H,3-5,10-14H2,1-2H3,(H,22,27)(H,23,28)/t16-/m1/s1. The van der Waals surface area contributed by atoms with Crippen LogP contribution < -0.4 is 10.6 Å². The molecule has 3 rings (SSSR count). The van der Waals surface area contributed by atoms with E-state index in [0.29, 0.717) is 23.3 Å². The molecule has 0 spiro atoms.